The first-order chi connectivity index (χ1) is 11.7. The van der Waals surface area contributed by atoms with Crippen molar-refractivity contribution in [2.75, 3.05) is 52.4 Å². The van der Waals surface area contributed by atoms with Crippen LogP contribution in [0.1, 0.15) is 38.5 Å². The first-order valence-electron chi connectivity index (χ1n) is 9.72. The van der Waals surface area contributed by atoms with Crippen LogP contribution in [0.2, 0.25) is 0 Å². The standard InChI is InChI=1S/C18H32N4O2/c23-17(15-3-4-15)19-7-1-9-21-11-13-22(14-12-21)10-2-8-20-18(24)16-5-6-16/h15-16H,1-14H2,(H,19,23)(H,20,24). The number of carbonyl (C=O) groups excluding carboxylic acids is 2. The van der Waals surface area contributed by atoms with E-state index in [-0.39, 0.29) is 11.8 Å². The van der Waals surface area contributed by atoms with Crippen LogP contribution in [0.25, 0.3) is 0 Å². The summed E-state index contributed by atoms with van der Waals surface area (Å²) < 4.78 is 0. The zero-order valence-corrected chi connectivity index (χ0v) is 14.8. The van der Waals surface area contributed by atoms with Crippen molar-refractivity contribution >= 4 is 11.8 Å². The van der Waals surface area contributed by atoms with Gasteiger partial charge in [-0.1, -0.05) is 0 Å². The van der Waals surface area contributed by atoms with E-state index >= 15 is 0 Å². The van der Waals surface area contributed by atoms with E-state index < -0.39 is 0 Å². The Balaban J connectivity index is 1.16. The van der Waals surface area contributed by atoms with E-state index in [1.165, 1.54) is 0 Å². The molecule has 0 atom stereocenters. The molecule has 0 aromatic carbocycles. The quantitative estimate of drug-likeness (QED) is 0.568. The third-order valence-electron chi connectivity index (χ3n) is 5.26. The van der Waals surface area contributed by atoms with Gasteiger partial charge in [-0.3, -0.25) is 9.59 Å². The van der Waals surface area contributed by atoms with Gasteiger partial charge in [0, 0.05) is 51.1 Å². The van der Waals surface area contributed by atoms with E-state index in [0.717, 1.165) is 90.9 Å². The molecule has 3 aliphatic rings. The van der Waals surface area contributed by atoms with Crippen LogP contribution < -0.4 is 10.6 Å². The van der Waals surface area contributed by atoms with Crippen LogP contribution in [0.4, 0.5) is 0 Å². The van der Waals surface area contributed by atoms with E-state index in [1.807, 2.05) is 0 Å². The van der Waals surface area contributed by atoms with Crippen LogP contribution in [0, 0.1) is 11.8 Å². The molecule has 0 unspecified atom stereocenters. The minimum atomic E-state index is 0.258. The fourth-order valence-corrected chi connectivity index (χ4v) is 3.24. The van der Waals surface area contributed by atoms with E-state index in [0.29, 0.717) is 11.8 Å². The van der Waals surface area contributed by atoms with E-state index in [9.17, 15) is 9.59 Å². The Hall–Kier alpha value is -1.14. The Bertz CT molecular complexity index is 387. The molecule has 1 aliphatic heterocycles. The smallest absolute Gasteiger partial charge is 0.223 e. The summed E-state index contributed by atoms with van der Waals surface area (Å²) in [5.41, 5.74) is 0. The second kappa shape index (κ2) is 8.81. The zero-order chi connectivity index (χ0) is 16.8. The molecule has 2 N–H and O–H groups in total. The average Bonchev–Trinajstić information content (AvgIpc) is 3.48. The van der Waals surface area contributed by atoms with Gasteiger partial charge in [-0.25, -0.2) is 0 Å². The Morgan fingerprint density at radius 2 is 1.08 bits per heavy atom. The zero-order valence-electron chi connectivity index (χ0n) is 14.8. The fourth-order valence-electron chi connectivity index (χ4n) is 3.24. The SMILES string of the molecule is O=C(NCCCN1CCN(CCCNC(=O)C2CC2)CC1)C1CC1. The van der Waals surface area contributed by atoms with Crippen molar-refractivity contribution in [2.24, 2.45) is 11.8 Å². The van der Waals surface area contributed by atoms with Gasteiger partial charge in [-0.15, -0.1) is 0 Å². The Kier molecular flexibility index (Phi) is 6.49. The molecule has 2 amide bonds. The van der Waals surface area contributed by atoms with Crippen LogP contribution in [-0.2, 0) is 9.59 Å². The summed E-state index contributed by atoms with van der Waals surface area (Å²) in [6.45, 7) is 8.25. The first-order valence-corrected chi connectivity index (χ1v) is 9.72. The molecule has 1 saturated heterocycles. The van der Waals surface area contributed by atoms with Gasteiger partial charge in [0.2, 0.25) is 11.8 Å². The molecule has 6 heteroatoms. The maximum Gasteiger partial charge on any atom is 0.223 e. The molecular weight excluding hydrogens is 304 g/mol. The monoisotopic (exact) mass is 336 g/mol. The Morgan fingerprint density at radius 1 is 0.708 bits per heavy atom. The summed E-state index contributed by atoms with van der Waals surface area (Å²) in [6.07, 6.45) is 6.42. The largest absolute Gasteiger partial charge is 0.356 e. The van der Waals surface area contributed by atoms with Crippen LogP contribution >= 0.6 is 0 Å². The summed E-state index contributed by atoms with van der Waals surface area (Å²) in [4.78, 5) is 28.1. The molecule has 0 radical (unpaired) electrons. The van der Waals surface area contributed by atoms with Crippen LogP contribution in [0.15, 0.2) is 0 Å². The summed E-state index contributed by atoms with van der Waals surface area (Å²) >= 11 is 0. The molecular formula is C18H32N4O2. The fraction of sp³-hybridized carbons (Fsp3) is 0.889. The first kappa shape index (κ1) is 17.7. The molecule has 0 spiro atoms. The number of hydrogen-bond donors (Lipinski definition) is 2. The number of nitrogens with one attached hydrogen (secondary N) is 2. The highest BCUT2D eigenvalue weighted by Crippen LogP contribution is 2.29. The highest BCUT2D eigenvalue weighted by molar-refractivity contribution is 5.81. The second-order valence-electron chi connectivity index (χ2n) is 7.52. The van der Waals surface area contributed by atoms with Crippen molar-refractivity contribution in [1.82, 2.24) is 20.4 Å². The lowest BCUT2D eigenvalue weighted by Crippen LogP contribution is -2.47. The lowest BCUT2D eigenvalue weighted by atomic mass is 10.2. The maximum absolute atomic E-state index is 11.5. The van der Waals surface area contributed by atoms with E-state index in [4.69, 9.17) is 0 Å². The summed E-state index contributed by atoms with van der Waals surface area (Å²) in [7, 11) is 0. The third-order valence-corrected chi connectivity index (χ3v) is 5.26. The summed E-state index contributed by atoms with van der Waals surface area (Å²) in [5.74, 6) is 1.16. The Morgan fingerprint density at radius 3 is 1.42 bits per heavy atom. The predicted octanol–water partition coefficient (Wildman–Crippen LogP) is 0.437. The van der Waals surface area contributed by atoms with Crippen LogP contribution in [-0.4, -0.2) is 74.0 Å². The van der Waals surface area contributed by atoms with Gasteiger partial charge in [0.1, 0.15) is 0 Å². The summed E-state index contributed by atoms with van der Waals surface area (Å²) in [6, 6.07) is 0. The number of hydrogen-bond acceptors (Lipinski definition) is 4. The number of piperazine rings is 1. The van der Waals surface area contributed by atoms with Gasteiger partial charge in [-0.05, 0) is 51.6 Å². The molecule has 136 valence electrons. The number of rotatable bonds is 10. The van der Waals surface area contributed by atoms with Crippen molar-refractivity contribution in [2.45, 2.75) is 38.5 Å². The highest BCUT2D eigenvalue weighted by Gasteiger charge is 2.29. The van der Waals surface area contributed by atoms with Gasteiger partial charge in [-0.2, -0.15) is 0 Å². The normalized spacial score (nSPS) is 22.3. The lowest BCUT2D eigenvalue weighted by Gasteiger charge is -2.34. The summed E-state index contributed by atoms with van der Waals surface area (Å²) in [5, 5.41) is 6.08. The molecule has 0 aromatic heterocycles. The minimum Gasteiger partial charge on any atom is -0.356 e. The number of amides is 2. The third kappa shape index (κ3) is 6.06. The van der Waals surface area contributed by atoms with Gasteiger partial charge >= 0.3 is 0 Å². The molecule has 0 bridgehead atoms. The van der Waals surface area contributed by atoms with Crippen molar-refractivity contribution in [3.05, 3.63) is 0 Å². The highest BCUT2D eigenvalue weighted by atomic mass is 16.2. The maximum atomic E-state index is 11.5. The second-order valence-corrected chi connectivity index (χ2v) is 7.52. The molecule has 24 heavy (non-hydrogen) atoms. The molecule has 2 aliphatic carbocycles. The number of carbonyl (C=O) groups is 2. The van der Waals surface area contributed by atoms with Crippen LogP contribution in [0.3, 0.4) is 0 Å². The van der Waals surface area contributed by atoms with Crippen LogP contribution in [0.5, 0.6) is 0 Å². The van der Waals surface area contributed by atoms with Crippen molar-refractivity contribution in [3.63, 3.8) is 0 Å². The lowest BCUT2D eigenvalue weighted by molar-refractivity contribution is -0.123. The number of nitrogens with zero attached hydrogens (tertiary/aromatic N) is 2. The van der Waals surface area contributed by atoms with Gasteiger partial charge < -0.3 is 20.4 Å². The molecule has 1 heterocycles. The van der Waals surface area contributed by atoms with E-state index in [1.54, 1.807) is 0 Å². The minimum absolute atomic E-state index is 0.258. The predicted molar refractivity (Wildman–Crippen MR) is 93.6 cm³/mol. The average molecular weight is 336 g/mol. The Labute approximate surface area is 145 Å². The molecule has 0 aromatic rings. The van der Waals surface area contributed by atoms with Crippen molar-refractivity contribution < 1.29 is 9.59 Å². The van der Waals surface area contributed by atoms with Gasteiger partial charge in [0.15, 0.2) is 0 Å². The van der Waals surface area contributed by atoms with E-state index in [2.05, 4.69) is 20.4 Å². The van der Waals surface area contributed by atoms with Crippen molar-refractivity contribution in [3.8, 4) is 0 Å². The molecule has 6 nitrogen and oxygen atoms in total. The van der Waals surface area contributed by atoms with Gasteiger partial charge in [0.05, 0.1) is 0 Å². The molecule has 3 rings (SSSR count). The molecule has 3 fully saturated rings. The van der Waals surface area contributed by atoms with Gasteiger partial charge in [0.25, 0.3) is 0 Å². The van der Waals surface area contributed by atoms with Crippen molar-refractivity contribution in [1.29, 1.82) is 0 Å². The topological polar surface area (TPSA) is 64.7 Å². The molecule has 2 saturated carbocycles.